The lowest BCUT2D eigenvalue weighted by Crippen LogP contribution is -2.38. The van der Waals surface area contributed by atoms with Crippen LogP contribution in [0.15, 0.2) is 73.1 Å². The van der Waals surface area contributed by atoms with Crippen molar-refractivity contribution in [1.29, 1.82) is 0 Å². The Kier molecular flexibility index (Phi) is 4.22. The van der Waals surface area contributed by atoms with Gasteiger partial charge in [0, 0.05) is 25.5 Å². The molecule has 2 atom stereocenters. The summed E-state index contributed by atoms with van der Waals surface area (Å²) >= 11 is 0. The summed E-state index contributed by atoms with van der Waals surface area (Å²) < 4.78 is 0. The number of hydrogen-bond donors (Lipinski definition) is 2. The first-order chi connectivity index (χ1) is 12.2. The molecule has 1 aliphatic heterocycles. The van der Waals surface area contributed by atoms with Crippen molar-refractivity contribution in [2.24, 2.45) is 0 Å². The van der Waals surface area contributed by atoms with Crippen LogP contribution in [0, 0.1) is 0 Å². The topological polar surface area (TPSA) is 56.6 Å². The number of aromatic nitrogens is 1. The molecule has 0 aliphatic carbocycles. The molecule has 4 rings (SSSR count). The maximum Gasteiger partial charge on any atom is 0.115 e. The molecule has 2 aromatic carbocycles. The molecule has 2 N–H and O–H groups in total. The summed E-state index contributed by atoms with van der Waals surface area (Å²) in [7, 11) is 0. The third kappa shape index (κ3) is 3.14. The Balaban J connectivity index is 1.79. The Morgan fingerprint density at radius 1 is 0.960 bits per heavy atom. The number of pyridine rings is 1. The van der Waals surface area contributed by atoms with Gasteiger partial charge in [0.05, 0.1) is 12.1 Å². The van der Waals surface area contributed by atoms with Crippen molar-refractivity contribution < 1.29 is 10.2 Å². The van der Waals surface area contributed by atoms with Crippen LogP contribution in [-0.4, -0.2) is 26.6 Å². The van der Waals surface area contributed by atoms with Gasteiger partial charge in [-0.1, -0.05) is 36.4 Å². The number of aliphatic hydroxyl groups excluding tert-OH is 1. The SMILES string of the molecule is Oc1ccc2c(c1)[C@H](O)CN(Cc1ccccc1)[C@H]2c1ccncc1. The van der Waals surface area contributed by atoms with Gasteiger partial charge >= 0.3 is 0 Å². The van der Waals surface area contributed by atoms with E-state index in [0.29, 0.717) is 6.54 Å². The molecule has 1 aromatic heterocycles. The Hall–Kier alpha value is -2.69. The highest BCUT2D eigenvalue weighted by atomic mass is 16.3. The smallest absolute Gasteiger partial charge is 0.115 e. The van der Waals surface area contributed by atoms with E-state index in [9.17, 15) is 10.2 Å². The van der Waals surface area contributed by atoms with Crippen molar-refractivity contribution in [3.63, 3.8) is 0 Å². The summed E-state index contributed by atoms with van der Waals surface area (Å²) in [4.78, 5) is 6.40. The quantitative estimate of drug-likeness (QED) is 0.771. The monoisotopic (exact) mass is 332 g/mol. The number of phenols is 1. The predicted octanol–water partition coefficient (Wildman–Crippen LogP) is 3.43. The molecular weight excluding hydrogens is 312 g/mol. The van der Waals surface area contributed by atoms with Gasteiger partial charge in [0.2, 0.25) is 0 Å². The van der Waals surface area contributed by atoms with Crippen LogP contribution in [-0.2, 0) is 6.54 Å². The van der Waals surface area contributed by atoms with E-state index < -0.39 is 6.10 Å². The summed E-state index contributed by atoms with van der Waals surface area (Å²) in [5.74, 6) is 0.183. The van der Waals surface area contributed by atoms with Crippen molar-refractivity contribution in [3.05, 3.63) is 95.3 Å². The maximum atomic E-state index is 10.6. The minimum atomic E-state index is -0.621. The lowest BCUT2D eigenvalue weighted by Gasteiger charge is -2.40. The van der Waals surface area contributed by atoms with Crippen LogP contribution in [0.25, 0.3) is 0 Å². The van der Waals surface area contributed by atoms with E-state index in [1.807, 2.05) is 36.4 Å². The van der Waals surface area contributed by atoms with Gasteiger partial charge in [0.15, 0.2) is 0 Å². The Morgan fingerprint density at radius 3 is 2.48 bits per heavy atom. The molecular formula is C21H20N2O2. The number of β-amino-alcohol motifs (C(OH)–C–C–N with tert-alkyl or cyclic N) is 1. The first kappa shape index (κ1) is 15.8. The Labute approximate surface area is 147 Å². The largest absolute Gasteiger partial charge is 0.508 e. The van der Waals surface area contributed by atoms with Crippen LogP contribution in [0.1, 0.15) is 34.4 Å². The second-order valence-corrected chi connectivity index (χ2v) is 6.43. The average Bonchev–Trinajstić information content (AvgIpc) is 2.64. The van der Waals surface area contributed by atoms with E-state index in [0.717, 1.165) is 23.2 Å². The van der Waals surface area contributed by atoms with E-state index in [1.54, 1.807) is 24.5 Å². The fourth-order valence-electron chi connectivity index (χ4n) is 3.63. The molecule has 0 bridgehead atoms. The van der Waals surface area contributed by atoms with Crippen molar-refractivity contribution in [2.75, 3.05) is 6.54 Å². The third-order valence-corrected chi connectivity index (χ3v) is 4.75. The molecule has 0 saturated carbocycles. The molecule has 0 spiro atoms. The predicted molar refractivity (Wildman–Crippen MR) is 96.0 cm³/mol. The highest BCUT2D eigenvalue weighted by Gasteiger charge is 2.33. The second kappa shape index (κ2) is 6.67. The minimum absolute atomic E-state index is 0.0159. The number of hydrogen-bond acceptors (Lipinski definition) is 4. The highest BCUT2D eigenvalue weighted by molar-refractivity contribution is 5.44. The molecule has 4 heteroatoms. The lowest BCUT2D eigenvalue weighted by atomic mass is 9.86. The number of rotatable bonds is 3. The maximum absolute atomic E-state index is 10.6. The van der Waals surface area contributed by atoms with Crippen LogP contribution < -0.4 is 0 Å². The van der Waals surface area contributed by atoms with Gasteiger partial charge in [-0.05, 0) is 46.5 Å². The van der Waals surface area contributed by atoms with E-state index >= 15 is 0 Å². The standard InChI is InChI=1S/C21H20N2O2/c24-17-6-7-18-19(12-17)20(25)14-23(13-15-4-2-1-3-5-15)21(18)16-8-10-22-11-9-16/h1-12,20-21,24-25H,13-14H2/t20-,21+/m1/s1. The fourth-order valence-corrected chi connectivity index (χ4v) is 3.63. The fraction of sp³-hybridized carbons (Fsp3) is 0.190. The van der Waals surface area contributed by atoms with Crippen molar-refractivity contribution in [3.8, 4) is 5.75 Å². The first-order valence-electron chi connectivity index (χ1n) is 8.41. The molecule has 0 unspecified atom stereocenters. The summed E-state index contributed by atoms with van der Waals surface area (Å²) in [5, 5.41) is 20.5. The number of nitrogens with zero attached hydrogens (tertiary/aromatic N) is 2. The van der Waals surface area contributed by atoms with Crippen LogP contribution >= 0.6 is 0 Å². The van der Waals surface area contributed by atoms with Crippen LogP contribution in [0.5, 0.6) is 5.75 Å². The molecule has 0 amide bonds. The minimum Gasteiger partial charge on any atom is -0.508 e. The zero-order valence-corrected chi connectivity index (χ0v) is 13.8. The molecule has 1 aliphatic rings. The van der Waals surface area contributed by atoms with E-state index in [4.69, 9.17) is 0 Å². The molecule has 3 aromatic rings. The van der Waals surface area contributed by atoms with Crippen molar-refractivity contribution in [2.45, 2.75) is 18.7 Å². The van der Waals surface area contributed by atoms with Crippen LogP contribution in [0.4, 0.5) is 0 Å². The number of phenolic OH excluding ortho intramolecular Hbond substituents is 1. The Bertz CT molecular complexity index is 852. The van der Waals surface area contributed by atoms with Gasteiger partial charge in [-0.25, -0.2) is 0 Å². The number of fused-ring (bicyclic) bond motifs is 1. The van der Waals surface area contributed by atoms with Crippen molar-refractivity contribution in [1.82, 2.24) is 9.88 Å². The van der Waals surface area contributed by atoms with Gasteiger partial charge in [-0.15, -0.1) is 0 Å². The molecule has 126 valence electrons. The normalized spacial score (nSPS) is 20.2. The van der Waals surface area contributed by atoms with E-state index in [-0.39, 0.29) is 11.8 Å². The van der Waals surface area contributed by atoms with E-state index in [1.165, 1.54) is 5.56 Å². The van der Waals surface area contributed by atoms with Gasteiger partial charge in [0.25, 0.3) is 0 Å². The summed E-state index contributed by atoms with van der Waals surface area (Å²) in [6, 6.07) is 19.6. The molecule has 0 radical (unpaired) electrons. The van der Waals surface area contributed by atoms with E-state index in [2.05, 4.69) is 22.0 Å². The summed E-state index contributed by atoms with van der Waals surface area (Å²) in [5.41, 5.74) is 4.16. The van der Waals surface area contributed by atoms with Crippen LogP contribution in [0.2, 0.25) is 0 Å². The summed E-state index contributed by atoms with van der Waals surface area (Å²) in [6.07, 6.45) is 2.96. The first-order valence-corrected chi connectivity index (χ1v) is 8.41. The highest BCUT2D eigenvalue weighted by Crippen LogP contribution is 2.40. The Morgan fingerprint density at radius 2 is 1.72 bits per heavy atom. The molecule has 25 heavy (non-hydrogen) atoms. The zero-order chi connectivity index (χ0) is 17.2. The van der Waals surface area contributed by atoms with Gasteiger partial charge in [0.1, 0.15) is 5.75 Å². The molecule has 2 heterocycles. The number of aliphatic hydroxyl groups is 1. The van der Waals surface area contributed by atoms with Gasteiger partial charge in [-0.3, -0.25) is 9.88 Å². The summed E-state index contributed by atoms with van der Waals surface area (Å²) in [6.45, 7) is 1.25. The molecule has 0 fully saturated rings. The average molecular weight is 332 g/mol. The number of aromatic hydroxyl groups is 1. The lowest BCUT2D eigenvalue weighted by molar-refractivity contribution is 0.0726. The third-order valence-electron chi connectivity index (χ3n) is 4.75. The zero-order valence-electron chi connectivity index (χ0n) is 13.8. The molecule has 4 nitrogen and oxygen atoms in total. The molecule has 0 saturated heterocycles. The second-order valence-electron chi connectivity index (χ2n) is 6.43. The number of benzene rings is 2. The van der Waals surface area contributed by atoms with Crippen molar-refractivity contribution >= 4 is 0 Å². The van der Waals surface area contributed by atoms with Gasteiger partial charge < -0.3 is 10.2 Å². The van der Waals surface area contributed by atoms with Gasteiger partial charge in [-0.2, -0.15) is 0 Å². The van der Waals surface area contributed by atoms with Crippen LogP contribution in [0.3, 0.4) is 0 Å².